The summed E-state index contributed by atoms with van der Waals surface area (Å²) >= 11 is 0. The maximum absolute atomic E-state index is 14.1. The standard InChI is InChI=1S/C15H20FNO/c1-17-9-8-15(10-11(17)6-7-14(15)18)12-4-2-3-5-13(12)16/h2-5,11,14,18H,6-10H2,1H3/t11-,14+,15-/m1/s1. The van der Waals surface area contributed by atoms with Gasteiger partial charge >= 0.3 is 0 Å². The molecule has 1 N–H and O–H groups in total. The molecule has 98 valence electrons. The van der Waals surface area contributed by atoms with Crippen molar-refractivity contribution < 1.29 is 9.50 Å². The Bertz CT molecular complexity index is 450. The number of fused-ring (bicyclic) bond motifs is 2. The van der Waals surface area contributed by atoms with Crippen molar-refractivity contribution in [2.45, 2.75) is 43.2 Å². The van der Waals surface area contributed by atoms with Gasteiger partial charge in [0, 0.05) is 11.5 Å². The maximum atomic E-state index is 14.1. The summed E-state index contributed by atoms with van der Waals surface area (Å²) in [5.41, 5.74) is 0.358. The monoisotopic (exact) mass is 249 g/mol. The third-order valence-electron chi connectivity index (χ3n) is 4.96. The number of piperidine rings is 1. The second-order valence-corrected chi connectivity index (χ2v) is 5.82. The highest BCUT2D eigenvalue weighted by atomic mass is 19.1. The fourth-order valence-electron chi connectivity index (χ4n) is 3.78. The molecule has 2 nitrogen and oxygen atoms in total. The summed E-state index contributed by atoms with van der Waals surface area (Å²) in [7, 11) is 2.13. The van der Waals surface area contributed by atoms with Gasteiger partial charge in [-0.1, -0.05) is 18.2 Å². The highest BCUT2D eigenvalue weighted by molar-refractivity contribution is 5.31. The summed E-state index contributed by atoms with van der Waals surface area (Å²) in [5.74, 6) is -0.165. The number of aliphatic hydroxyl groups excluding tert-OH is 1. The lowest BCUT2D eigenvalue weighted by Gasteiger charge is -2.52. The molecular formula is C15H20FNO. The largest absolute Gasteiger partial charge is 0.392 e. The Morgan fingerprint density at radius 1 is 1.33 bits per heavy atom. The number of halogens is 1. The van der Waals surface area contributed by atoms with Crippen molar-refractivity contribution >= 4 is 0 Å². The summed E-state index contributed by atoms with van der Waals surface area (Å²) in [6.07, 6.45) is 3.13. The van der Waals surface area contributed by atoms with E-state index in [1.54, 1.807) is 6.07 Å². The van der Waals surface area contributed by atoms with Gasteiger partial charge in [-0.05, 0) is 50.9 Å². The van der Waals surface area contributed by atoms with Crippen LogP contribution in [0, 0.1) is 5.82 Å². The van der Waals surface area contributed by atoms with Crippen LogP contribution in [0.15, 0.2) is 24.3 Å². The number of rotatable bonds is 1. The van der Waals surface area contributed by atoms with Crippen LogP contribution in [0.1, 0.15) is 31.2 Å². The molecule has 2 fully saturated rings. The Kier molecular flexibility index (Phi) is 2.91. The Morgan fingerprint density at radius 3 is 2.89 bits per heavy atom. The van der Waals surface area contributed by atoms with E-state index in [1.165, 1.54) is 6.07 Å². The highest BCUT2D eigenvalue weighted by Gasteiger charge is 2.49. The molecule has 3 heteroatoms. The van der Waals surface area contributed by atoms with Gasteiger partial charge in [-0.25, -0.2) is 4.39 Å². The summed E-state index contributed by atoms with van der Waals surface area (Å²) in [6, 6.07) is 7.45. The molecule has 2 aliphatic rings. The fourth-order valence-corrected chi connectivity index (χ4v) is 3.78. The molecule has 1 aliphatic carbocycles. The minimum atomic E-state index is -0.403. The zero-order valence-corrected chi connectivity index (χ0v) is 10.8. The normalized spacial score (nSPS) is 36.6. The van der Waals surface area contributed by atoms with Crippen molar-refractivity contribution in [1.82, 2.24) is 4.90 Å². The van der Waals surface area contributed by atoms with Crippen LogP contribution in [0.4, 0.5) is 4.39 Å². The molecule has 1 aromatic carbocycles. The van der Waals surface area contributed by atoms with Crippen LogP contribution >= 0.6 is 0 Å². The predicted octanol–water partition coefficient (Wildman–Crippen LogP) is 2.31. The number of aliphatic hydroxyl groups is 1. The average Bonchev–Trinajstić information content (AvgIpc) is 2.38. The lowest BCUT2D eigenvalue weighted by Crippen LogP contribution is -2.56. The molecule has 3 rings (SSSR count). The summed E-state index contributed by atoms with van der Waals surface area (Å²) < 4.78 is 14.1. The first-order valence-electron chi connectivity index (χ1n) is 6.77. The van der Waals surface area contributed by atoms with Crippen molar-refractivity contribution in [3.8, 4) is 0 Å². The number of nitrogens with zero attached hydrogens (tertiary/aromatic N) is 1. The van der Waals surface area contributed by atoms with Gasteiger partial charge in [0.1, 0.15) is 5.82 Å². The maximum Gasteiger partial charge on any atom is 0.127 e. The van der Waals surface area contributed by atoms with Crippen molar-refractivity contribution in [3.63, 3.8) is 0 Å². The second kappa shape index (κ2) is 4.32. The predicted molar refractivity (Wildman–Crippen MR) is 69.0 cm³/mol. The third kappa shape index (κ3) is 1.69. The van der Waals surface area contributed by atoms with Crippen molar-refractivity contribution in [3.05, 3.63) is 35.6 Å². The minimum Gasteiger partial charge on any atom is -0.392 e. The lowest BCUT2D eigenvalue weighted by atomic mass is 9.61. The molecule has 1 heterocycles. The molecule has 3 atom stereocenters. The summed E-state index contributed by atoms with van der Waals surface area (Å²) in [5, 5.41) is 10.5. The van der Waals surface area contributed by atoms with Gasteiger partial charge in [0.2, 0.25) is 0 Å². The van der Waals surface area contributed by atoms with Gasteiger partial charge in [-0.3, -0.25) is 0 Å². The molecule has 0 unspecified atom stereocenters. The third-order valence-corrected chi connectivity index (χ3v) is 4.96. The van der Waals surface area contributed by atoms with E-state index in [2.05, 4.69) is 11.9 Å². The first-order chi connectivity index (χ1) is 8.63. The van der Waals surface area contributed by atoms with Crippen LogP contribution in [0.3, 0.4) is 0 Å². The number of hydrogen-bond donors (Lipinski definition) is 1. The number of likely N-dealkylation sites (tertiary alicyclic amines) is 1. The molecular weight excluding hydrogens is 229 g/mol. The van der Waals surface area contributed by atoms with Crippen molar-refractivity contribution in [2.24, 2.45) is 0 Å². The van der Waals surface area contributed by atoms with Gasteiger partial charge in [0.25, 0.3) is 0 Å². The quantitative estimate of drug-likeness (QED) is 0.825. The van der Waals surface area contributed by atoms with E-state index in [1.807, 2.05) is 12.1 Å². The van der Waals surface area contributed by atoms with E-state index < -0.39 is 6.10 Å². The highest BCUT2D eigenvalue weighted by Crippen LogP contribution is 2.47. The molecule has 0 spiro atoms. The van der Waals surface area contributed by atoms with Gasteiger partial charge in [0.05, 0.1) is 6.10 Å². The van der Waals surface area contributed by atoms with Crippen LogP contribution in [0.5, 0.6) is 0 Å². The van der Waals surface area contributed by atoms with Crippen LogP contribution in [-0.2, 0) is 5.41 Å². The molecule has 18 heavy (non-hydrogen) atoms. The molecule has 0 aromatic heterocycles. The van der Waals surface area contributed by atoms with Crippen LogP contribution < -0.4 is 0 Å². The Hall–Kier alpha value is -0.930. The molecule has 0 radical (unpaired) electrons. The number of hydrogen-bond acceptors (Lipinski definition) is 2. The van der Waals surface area contributed by atoms with E-state index in [4.69, 9.17) is 0 Å². The zero-order chi connectivity index (χ0) is 12.8. The van der Waals surface area contributed by atoms with Crippen LogP contribution in [-0.4, -0.2) is 35.7 Å². The molecule has 2 bridgehead atoms. The topological polar surface area (TPSA) is 23.5 Å². The molecule has 1 saturated carbocycles. The average molecular weight is 249 g/mol. The van der Waals surface area contributed by atoms with E-state index in [9.17, 15) is 9.50 Å². The SMILES string of the molecule is CN1CC[C@]2(c3ccccc3F)C[C@H]1CC[C@@H]2O. The van der Waals surface area contributed by atoms with E-state index in [0.29, 0.717) is 6.04 Å². The van der Waals surface area contributed by atoms with E-state index >= 15 is 0 Å². The molecule has 1 aliphatic heterocycles. The second-order valence-electron chi connectivity index (χ2n) is 5.82. The minimum absolute atomic E-state index is 0.165. The first kappa shape index (κ1) is 12.1. The smallest absolute Gasteiger partial charge is 0.127 e. The Balaban J connectivity index is 2.04. The van der Waals surface area contributed by atoms with E-state index in [0.717, 1.165) is 37.8 Å². The van der Waals surface area contributed by atoms with Gasteiger partial charge in [-0.2, -0.15) is 0 Å². The summed E-state index contributed by atoms with van der Waals surface area (Å²) in [6.45, 7) is 0.941. The first-order valence-corrected chi connectivity index (χ1v) is 6.77. The molecule has 1 aromatic rings. The molecule has 0 amide bonds. The zero-order valence-electron chi connectivity index (χ0n) is 10.8. The van der Waals surface area contributed by atoms with Gasteiger partial charge < -0.3 is 10.0 Å². The van der Waals surface area contributed by atoms with Crippen molar-refractivity contribution in [1.29, 1.82) is 0 Å². The Labute approximate surface area is 107 Å². The lowest BCUT2D eigenvalue weighted by molar-refractivity contribution is -0.0328. The van der Waals surface area contributed by atoms with Crippen molar-refractivity contribution in [2.75, 3.05) is 13.6 Å². The van der Waals surface area contributed by atoms with Gasteiger partial charge in [-0.15, -0.1) is 0 Å². The fraction of sp³-hybridized carbons (Fsp3) is 0.600. The number of benzene rings is 1. The van der Waals surface area contributed by atoms with Crippen LogP contribution in [0.25, 0.3) is 0 Å². The molecule has 1 saturated heterocycles. The van der Waals surface area contributed by atoms with Crippen LogP contribution in [0.2, 0.25) is 0 Å². The van der Waals surface area contributed by atoms with E-state index in [-0.39, 0.29) is 11.2 Å². The summed E-state index contributed by atoms with van der Waals surface area (Å²) in [4.78, 5) is 2.35. The Morgan fingerprint density at radius 2 is 2.11 bits per heavy atom. The van der Waals surface area contributed by atoms with Gasteiger partial charge in [0.15, 0.2) is 0 Å².